The molecule has 0 aliphatic rings. The van der Waals surface area contributed by atoms with E-state index in [2.05, 4.69) is 0 Å². The molecule has 0 radical (unpaired) electrons. The van der Waals surface area contributed by atoms with E-state index < -0.39 is 11.8 Å². The van der Waals surface area contributed by atoms with E-state index in [4.69, 9.17) is 15.7 Å². The summed E-state index contributed by atoms with van der Waals surface area (Å²) in [5.74, 6) is -1.06. The minimum Gasteiger partial charge on any atom is -0.462 e. The Morgan fingerprint density at radius 3 is 2.88 bits per heavy atom. The summed E-state index contributed by atoms with van der Waals surface area (Å²) < 4.78 is 17.7. The van der Waals surface area contributed by atoms with E-state index in [1.807, 2.05) is 6.07 Å². The SMILES string of the molecule is N#CCCCCOC(=O)c1ccc(F)cc1N. The number of halogens is 1. The van der Waals surface area contributed by atoms with Gasteiger partial charge < -0.3 is 10.5 Å². The predicted molar refractivity (Wildman–Crippen MR) is 60.6 cm³/mol. The number of nitrogen functional groups attached to an aromatic ring is 1. The van der Waals surface area contributed by atoms with Crippen molar-refractivity contribution in [2.24, 2.45) is 0 Å². The summed E-state index contributed by atoms with van der Waals surface area (Å²) in [6.07, 6.45) is 1.75. The minimum absolute atomic E-state index is 0.0621. The maximum absolute atomic E-state index is 12.7. The van der Waals surface area contributed by atoms with E-state index in [1.54, 1.807) is 0 Å². The number of unbranched alkanes of at least 4 members (excludes halogenated alkanes) is 2. The van der Waals surface area contributed by atoms with Gasteiger partial charge >= 0.3 is 5.97 Å². The second-order valence-corrected chi connectivity index (χ2v) is 3.48. The molecule has 0 atom stereocenters. The van der Waals surface area contributed by atoms with Crippen LogP contribution in [0.3, 0.4) is 0 Å². The molecule has 0 aromatic heterocycles. The van der Waals surface area contributed by atoms with Crippen molar-refractivity contribution in [1.29, 1.82) is 5.26 Å². The fourth-order valence-electron chi connectivity index (χ4n) is 1.27. The number of hydrogen-bond acceptors (Lipinski definition) is 4. The third-order valence-corrected chi connectivity index (χ3v) is 2.15. The highest BCUT2D eigenvalue weighted by Crippen LogP contribution is 2.14. The molecule has 0 aliphatic carbocycles. The van der Waals surface area contributed by atoms with Crippen LogP contribution in [0.2, 0.25) is 0 Å². The molecule has 0 heterocycles. The molecule has 0 saturated carbocycles. The number of benzene rings is 1. The lowest BCUT2D eigenvalue weighted by Gasteiger charge is -2.06. The first-order chi connectivity index (χ1) is 8.15. The lowest BCUT2D eigenvalue weighted by Crippen LogP contribution is -2.09. The second kappa shape index (κ2) is 6.48. The summed E-state index contributed by atoms with van der Waals surface area (Å²) in [7, 11) is 0. The highest BCUT2D eigenvalue weighted by atomic mass is 19.1. The van der Waals surface area contributed by atoms with E-state index in [1.165, 1.54) is 6.07 Å². The number of nitrogens with two attached hydrogens (primary N) is 1. The largest absolute Gasteiger partial charge is 0.462 e. The maximum Gasteiger partial charge on any atom is 0.340 e. The van der Waals surface area contributed by atoms with Gasteiger partial charge in [0.1, 0.15) is 5.82 Å². The van der Waals surface area contributed by atoms with Crippen LogP contribution in [0.15, 0.2) is 18.2 Å². The van der Waals surface area contributed by atoms with Crippen molar-refractivity contribution in [1.82, 2.24) is 0 Å². The summed E-state index contributed by atoms with van der Waals surface area (Å²) in [4.78, 5) is 11.5. The zero-order chi connectivity index (χ0) is 12.7. The van der Waals surface area contributed by atoms with Gasteiger partial charge in [-0.3, -0.25) is 0 Å². The molecule has 5 heteroatoms. The van der Waals surface area contributed by atoms with E-state index in [0.717, 1.165) is 12.1 Å². The summed E-state index contributed by atoms with van der Waals surface area (Å²) in [5.41, 5.74) is 5.71. The fourth-order valence-corrected chi connectivity index (χ4v) is 1.27. The van der Waals surface area contributed by atoms with Gasteiger partial charge in [0, 0.05) is 12.1 Å². The molecule has 4 nitrogen and oxygen atoms in total. The highest BCUT2D eigenvalue weighted by Gasteiger charge is 2.11. The molecule has 1 aromatic rings. The molecule has 2 N–H and O–H groups in total. The van der Waals surface area contributed by atoms with Crippen LogP contribution in [0.1, 0.15) is 29.6 Å². The van der Waals surface area contributed by atoms with Gasteiger partial charge in [0.15, 0.2) is 0 Å². The van der Waals surface area contributed by atoms with Crippen molar-refractivity contribution < 1.29 is 13.9 Å². The Bertz CT molecular complexity index is 441. The first-order valence-corrected chi connectivity index (χ1v) is 5.24. The molecule has 0 aliphatic heterocycles. The van der Waals surface area contributed by atoms with Gasteiger partial charge in [-0.1, -0.05) is 0 Å². The molecule has 0 fully saturated rings. The van der Waals surface area contributed by atoms with Gasteiger partial charge in [0.05, 0.1) is 18.2 Å². The van der Waals surface area contributed by atoms with Crippen molar-refractivity contribution in [2.75, 3.05) is 12.3 Å². The monoisotopic (exact) mass is 236 g/mol. The molecular formula is C12H13FN2O2. The zero-order valence-electron chi connectivity index (χ0n) is 9.28. The fraction of sp³-hybridized carbons (Fsp3) is 0.333. The highest BCUT2D eigenvalue weighted by molar-refractivity contribution is 5.94. The first-order valence-electron chi connectivity index (χ1n) is 5.24. The first kappa shape index (κ1) is 13.0. The van der Waals surface area contributed by atoms with Gasteiger partial charge in [0.25, 0.3) is 0 Å². The number of nitriles is 1. The van der Waals surface area contributed by atoms with Crippen LogP contribution in [0.5, 0.6) is 0 Å². The third-order valence-electron chi connectivity index (χ3n) is 2.15. The topological polar surface area (TPSA) is 76.1 Å². The third kappa shape index (κ3) is 4.11. The molecule has 0 amide bonds. The normalized spacial score (nSPS) is 9.65. The molecule has 0 spiro atoms. The van der Waals surface area contributed by atoms with Crippen LogP contribution in [0.4, 0.5) is 10.1 Å². The Labute approximate surface area is 98.8 Å². The Hall–Kier alpha value is -2.09. The lowest BCUT2D eigenvalue weighted by atomic mass is 10.2. The summed E-state index contributed by atoms with van der Waals surface area (Å²) in [6, 6.07) is 5.53. The van der Waals surface area contributed by atoms with E-state index in [-0.39, 0.29) is 17.9 Å². The number of anilines is 1. The predicted octanol–water partition coefficient (Wildman–Crippen LogP) is 2.26. The molecule has 0 bridgehead atoms. The van der Waals surface area contributed by atoms with Crippen LogP contribution in [0.25, 0.3) is 0 Å². The van der Waals surface area contributed by atoms with Crippen LogP contribution < -0.4 is 5.73 Å². The maximum atomic E-state index is 12.7. The number of ether oxygens (including phenoxy) is 1. The summed E-state index contributed by atoms with van der Waals surface area (Å²) >= 11 is 0. The van der Waals surface area contributed by atoms with Crippen LogP contribution in [-0.4, -0.2) is 12.6 Å². The Kier molecular flexibility index (Phi) is 4.95. The summed E-state index contributed by atoms with van der Waals surface area (Å²) in [6.45, 7) is 0.233. The lowest BCUT2D eigenvalue weighted by molar-refractivity contribution is 0.0500. The van der Waals surface area contributed by atoms with Crippen molar-refractivity contribution in [2.45, 2.75) is 19.3 Å². The van der Waals surface area contributed by atoms with Crippen molar-refractivity contribution in [3.05, 3.63) is 29.6 Å². The molecule has 0 unspecified atom stereocenters. The van der Waals surface area contributed by atoms with E-state index in [9.17, 15) is 9.18 Å². The van der Waals surface area contributed by atoms with E-state index >= 15 is 0 Å². The number of nitrogens with zero attached hydrogens (tertiary/aromatic N) is 1. The second-order valence-electron chi connectivity index (χ2n) is 3.48. The quantitative estimate of drug-likeness (QED) is 0.483. The molecule has 1 aromatic carbocycles. The van der Waals surface area contributed by atoms with Crippen LogP contribution in [-0.2, 0) is 4.74 Å². The molecule has 1 rings (SSSR count). The van der Waals surface area contributed by atoms with Gasteiger partial charge in [-0.15, -0.1) is 0 Å². The summed E-state index contributed by atoms with van der Waals surface area (Å²) in [5, 5.41) is 8.31. The molecular weight excluding hydrogens is 223 g/mol. The Morgan fingerprint density at radius 1 is 1.47 bits per heavy atom. The Morgan fingerprint density at radius 2 is 2.24 bits per heavy atom. The van der Waals surface area contributed by atoms with Gasteiger partial charge in [0.2, 0.25) is 0 Å². The smallest absolute Gasteiger partial charge is 0.340 e. The number of carbonyl (C=O) groups is 1. The average Bonchev–Trinajstić information content (AvgIpc) is 2.28. The zero-order valence-corrected chi connectivity index (χ0v) is 9.28. The van der Waals surface area contributed by atoms with E-state index in [0.29, 0.717) is 19.3 Å². The van der Waals surface area contributed by atoms with Gasteiger partial charge in [-0.05, 0) is 31.0 Å². The van der Waals surface area contributed by atoms with Crippen LogP contribution >= 0.6 is 0 Å². The number of carbonyl (C=O) groups excluding carboxylic acids is 1. The van der Waals surface area contributed by atoms with Crippen LogP contribution in [0, 0.1) is 17.1 Å². The molecule has 0 saturated heterocycles. The Balaban J connectivity index is 2.45. The van der Waals surface area contributed by atoms with Crippen molar-refractivity contribution in [3.8, 4) is 6.07 Å². The van der Waals surface area contributed by atoms with Crippen molar-refractivity contribution >= 4 is 11.7 Å². The van der Waals surface area contributed by atoms with Crippen molar-refractivity contribution in [3.63, 3.8) is 0 Å². The van der Waals surface area contributed by atoms with Gasteiger partial charge in [-0.25, -0.2) is 9.18 Å². The molecule has 17 heavy (non-hydrogen) atoms. The minimum atomic E-state index is -0.570. The number of esters is 1. The standard InChI is InChI=1S/C12H13FN2O2/c13-9-4-5-10(11(15)8-9)12(16)17-7-3-1-2-6-14/h4-5,8H,1-3,7,15H2. The average molecular weight is 236 g/mol. The number of rotatable bonds is 5. The number of hydrogen-bond donors (Lipinski definition) is 1. The molecule has 90 valence electrons. The van der Waals surface area contributed by atoms with Gasteiger partial charge in [-0.2, -0.15) is 5.26 Å².